The lowest BCUT2D eigenvalue weighted by Crippen LogP contribution is -2.44. The Morgan fingerprint density at radius 2 is 2.16 bits per heavy atom. The van der Waals surface area contributed by atoms with Crippen LogP contribution >= 0.6 is 35.8 Å². The Labute approximate surface area is 159 Å². The third kappa shape index (κ3) is 3.39. The van der Waals surface area contributed by atoms with Gasteiger partial charge in [0.05, 0.1) is 16.1 Å². The van der Waals surface area contributed by atoms with Crippen LogP contribution in [0.25, 0.3) is 11.5 Å². The second-order valence-corrected chi connectivity index (χ2v) is 7.23. The van der Waals surface area contributed by atoms with Crippen molar-refractivity contribution in [1.29, 1.82) is 0 Å². The summed E-state index contributed by atoms with van der Waals surface area (Å²) in [5.41, 5.74) is 6.44. The molecule has 0 aromatic carbocycles. The first-order chi connectivity index (χ1) is 11.5. The van der Waals surface area contributed by atoms with Crippen LogP contribution in [-0.4, -0.2) is 24.7 Å². The third-order valence-corrected chi connectivity index (χ3v) is 5.63. The Morgan fingerprint density at radius 3 is 2.76 bits per heavy atom. The Morgan fingerprint density at radius 1 is 1.36 bits per heavy atom. The highest BCUT2D eigenvalue weighted by molar-refractivity contribution is 7.99. The lowest BCUT2D eigenvalue weighted by atomic mass is 9.77. The summed E-state index contributed by atoms with van der Waals surface area (Å²) in [4.78, 5) is 13.1. The van der Waals surface area contributed by atoms with Crippen molar-refractivity contribution < 1.29 is 4.52 Å². The molecule has 0 bridgehead atoms. The van der Waals surface area contributed by atoms with Gasteiger partial charge >= 0.3 is 0 Å². The van der Waals surface area contributed by atoms with Crippen molar-refractivity contribution in [2.75, 3.05) is 0 Å². The Hall–Kier alpha value is -1.61. The van der Waals surface area contributed by atoms with E-state index in [1.807, 2.05) is 17.8 Å². The zero-order valence-electron chi connectivity index (χ0n) is 13.3. The molecule has 7 nitrogen and oxygen atoms in total. The van der Waals surface area contributed by atoms with Gasteiger partial charge in [0, 0.05) is 25.6 Å². The minimum atomic E-state index is -0.451. The van der Waals surface area contributed by atoms with E-state index >= 15 is 0 Å². The molecular weight excluding hydrogens is 383 g/mol. The molecule has 1 aliphatic carbocycles. The summed E-state index contributed by atoms with van der Waals surface area (Å²) in [6, 6.07) is 1.76. The van der Waals surface area contributed by atoms with Gasteiger partial charge < -0.3 is 14.8 Å². The lowest BCUT2D eigenvalue weighted by molar-refractivity contribution is 0.229. The summed E-state index contributed by atoms with van der Waals surface area (Å²) in [6.07, 6.45) is 8.11. The van der Waals surface area contributed by atoms with E-state index in [0.29, 0.717) is 27.3 Å². The molecule has 1 fully saturated rings. The van der Waals surface area contributed by atoms with Crippen LogP contribution in [0.5, 0.6) is 0 Å². The summed E-state index contributed by atoms with van der Waals surface area (Å²) in [7, 11) is 1.92. The monoisotopic (exact) mass is 398 g/mol. The van der Waals surface area contributed by atoms with Gasteiger partial charge in [-0.1, -0.05) is 16.8 Å². The standard InChI is InChI=1S/C15H15ClN6OS.ClH/c1-22-6-5-18-14(22)24-12-10(16)7-9(8-19-12)11-20-13(21-23-11)15(17)3-2-4-15;/h5-8H,2-4,17H2,1H3;1H. The van der Waals surface area contributed by atoms with Crippen LogP contribution in [0, 0.1) is 0 Å². The van der Waals surface area contributed by atoms with Gasteiger partial charge in [0.1, 0.15) is 5.03 Å². The number of halogens is 2. The number of rotatable bonds is 4. The fourth-order valence-electron chi connectivity index (χ4n) is 2.48. The fraction of sp³-hybridized carbons (Fsp3) is 0.333. The van der Waals surface area contributed by atoms with E-state index in [9.17, 15) is 0 Å². The van der Waals surface area contributed by atoms with Crippen LogP contribution in [0.15, 0.2) is 39.4 Å². The van der Waals surface area contributed by atoms with Gasteiger partial charge in [-0.25, -0.2) is 9.97 Å². The van der Waals surface area contributed by atoms with E-state index in [4.69, 9.17) is 21.9 Å². The van der Waals surface area contributed by atoms with Crippen LogP contribution in [0.3, 0.4) is 0 Å². The fourth-order valence-corrected chi connectivity index (χ4v) is 3.51. The topological polar surface area (TPSA) is 95.7 Å². The van der Waals surface area contributed by atoms with Crippen molar-refractivity contribution in [3.8, 4) is 11.5 Å². The van der Waals surface area contributed by atoms with Crippen molar-refractivity contribution >= 4 is 35.8 Å². The van der Waals surface area contributed by atoms with Gasteiger partial charge in [-0.15, -0.1) is 12.4 Å². The van der Waals surface area contributed by atoms with Gasteiger partial charge in [0.2, 0.25) is 0 Å². The van der Waals surface area contributed by atoms with Crippen LogP contribution in [-0.2, 0) is 12.6 Å². The molecule has 0 atom stereocenters. The molecule has 0 amide bonds. The maximum atomic E-state index is 6.35. The molecule has 3 aromatic heterocycles. The van der Waals surface area contributed by atoms with E-state index in [0.717, 1.165) is 24.4 Å². The van der Waals surface area contributed by atoms with E-state index in [1.54, 1.807) is 18.5 Å². The molecule has 0 saturated heterocycles. The molecule has 3 aromatic rings. The summed E-state index contributed by atoms with van der Waals surface area (Å²) in [5, 5.41) is 6.00. The van der Waals surface area contributed by atoms with Gasteiger partial charge in [-0.05, 0) is 37.1 Å². The van der Waals surface area contributed by atoms with E-state index in [2.05, 4.69) is 20.1 Å². The van der Waals surface area contributed by atoms with Crippen molar-refractivity contribution in [2.45, 2.75) is 35.0 Å². The average molecular weight is 399 g/mol. The average Bonchev–Trinajstić information content (AvgIpc) is 3.17. The molecule has 3 heterocycles. The van der Waals surface area contributed by atoms with Crippen LogP contribution in [0.2, 0.25) is 5.02 Å². The first-order valence-electron chi connectivity index (χ1n) is 7.49. The number of pyridine rings is 1. The van der Waals surface area contributed by atoms with Crippen molar-refractivity contribution in [1.82, 2.24) is 24.7 Å². The maximum Gasteiger partial charge on any atom is 0.259 e. The van der Waals surface area contributed by atoms with Gasteiger partial charge in [0.25, 0.3) is 5.89 Å². The summed E-state index contributed by atoms with van der Waals surface area (Å²) < 4.78 is 7.23. The Balaban J connectivity index is 0.00000182. The Bertz CT molecular complexity index is 892. The lowest BCUT2D eigenvalue weighted by Gasteiger charge is -2.34. The molecule has 0 unspecified atom stereocenters. The van der Waals surface area contributed by atoms with E-state index < -0.39 is 5.54 Å². The second kappa shape index (κ2) is 6.95. The third-order valence-electron chi connectivity index (χ3n) is 4.14. The molecule has 0 aliphatic heterocycles. The molecule has 25 heavy (non-hydrogen) atoms. The highest BCUT2D eigenvalue weighted by Gasteiger charge is 2.39. The van der Waals surface area contributed by atoms with Crippen molar-refractivity contribution in [3.63, 3.8) is 0 Å². The molecular formula is C15H16Cl2N6OS. The number of aryl methyl sites for hydroxylation is 1. The Kier molecular flexibility index (Phi) is 5.06. The van der Waals surface area contributed by atoms with Crippen LogP contribution in [0.4, 0.5) is 0 Å². The summed E-state index contributed by atoms with van der Waals surface area (Å²) >= 11 is 7.74. The predicted octanol–water partition coefficient (Wildman–Crippen LogP) is 3.43. The molecule has 0 radical (unpaired) electrons. The number of hydrogen-bond donors (Lipinski definition) is 1. The predicted molar refractivity (Wildman–Crippen MR) is 96.8 cm³/mol. The summed E-state index contributed by atoms with van der Waals surface area (Å²) in [5.74, 6) is 0.927. The van der Waals surface area contributed by atoms with E-state index in [-0.39, 0.29) is 12.4 Å². The first-order valence-corrected chi connectivity index (χ1v) is 8.69. The van der Waals surface area contributed by atoms with Crippen molar-refractivity contribution in [3.05, 3.63) is 35.5 Å². The molecule has 10 heteroatoms. The SMILES string of the molecule is Cl.Cn1ccnc1Sc1ncc(-c2nc(C3(N)CCC3)no2)cc1Cl. The molecule has 1 aliphatic rings. The smallest absolute Gasteiger partial charge is 0.259 e. The largest absolute Gasteiger partial charge is 0.334 e. The molecule has 1 saturated carbocycles. The minimum absolute atomic E-state index is 0. The number of aromatic nitrogens is 5. The number of nitrogens with two attached hydrogens (primary N) is 1. The minimum Gasteiger partial charge on any atom is -0.334 e. The highest BCUT2D eigenvalue weighted by atomic mass is 35.5. The van der Waals surface area contributed by atoms with Gasteiger partial charge in [-0.2, -0.15) is 4.98 Å². The highest BCUT2D eigenvalue weighted by Crippen LogP contribution is 2.38. The van der Waals surface area contributed by atoms with E-state index in [1.165, 1.54) is 11.8 Å². The molecule has 4 rings (SSSR count). The van der Waals surface area contributed by atoms with Crippen molar-refractivity contribution in [2.24, 2.45) is 12.8 Å². The molecule has 132 valence electrons. The zero-order chi connectivity index (χ0) is 16.7. The summed E-state index contributed by atoms with van der Waals surface area (Å²) in [6.45, 7) is 0. The van der Waals surface area contributed by atoms with Gasteiger partial charge in [-0.3, -0.25) is 0 Å². The molecule has 0 spiro atoms. The van der Waals surface area contributed by atoms with Gasteiger partial charge in [0.15, 0.2) is 11.0 Å². The molecule has 2 N–H and O–H groups in total. The second-order valence-electron chi connectivity index (χ2n) is 5.87. The zero-order valence-corrected chi connectivity index (χ0v) is 15.7. The van der Waals surface area contributed by atoms with Crippen LogP contribution < -0.4 is 5.73 Å². The first kappa shape index (κ1) is 18.2. The van der Waals surface area contributed by atoms with Crippen LogP contribution in [0.1, 0.15) is 25.1 Å². The number of hydrogen-bond acceptors (Lipinski definition) is 7. The normalized spacial score (nSPS) is 15.5. The maximum absolute atomic E-state index is 6.35. The quantitative estimate of drug-likeness (QED) is 0.718. The number of nitrogens with zero attached hydrogens (tertiary/aromatic N) is 5. The number of imidazole rings is 1.